The van der Waals surface area contributed by atoms with Crippen molar-refractivity contribution in [2.45, 2.75) is 19.2 Å². The van der Waals surface area contributed by atoms with Crippen molar-refractivity contribution in [3.8, 4) is 0 Å². The van der Waals surface area contributed by atoms with Crippen LogP contribution in [0.1, 0.15) is 12.6 Å². The summed E-state index contributed by atoms with van der Waals surface area (Å²) in [6.07, 6.45) is -5.27. The van der Waals surface area contributed by atoms with Crippen molar-refractivity contribution in [2.75, 3.05) is 18.5 Å². The molecule has 17 heavy (non-hydrogen) atoms. The van der Waals surface area contributed by atoms with Gasteiger partial charge in [0.1, 0.15) is 5.82 Å². The van der Waals surface area contributed by atoms with E-state index in [1.807, 2.05) is 0 Å². The molecule has 0 spiro atoms. The van der Waals surface area contributed by atoms with E-state index in [2.05, 4.69) is 9.97 Å². The second kappa shape index (κ2) is 5.05. The number of hydrogen-bond donors (Lipinski definition) is 1. The van der Waals surface area contributed by atoms with Crippen LogP contribution in [0.25, 0.3) is 0 Å². The van der Waals surface area contributed by atoms with Gasteiger partial charge in [0.25, 0.3) is 0 Å². The van der Waals surface area contributed by atoms with E-state index in [-0.39, 0.29) is 12.4 Å². The van der Waals surface area contributed by atoms with Crippen LogP contribution in [0.4, 0.5) is 19.0 Å². The van der Waals surface area contributed by atoms with Crippen LogP contribution in [0.15, 0.2) is 6.07 Å². The second-order valence-corrected chi connectivity index (χ2v) is 3.95. The van der Waals surface area contributed by atoms with E-state index in [1.165, 1.54) is 18.9 Å². The fraction of sp³-hybridized carbons (Fsp3) is 0.556. The number of nitrogens with zero attached hydrogens (tertiary/aromatic N) is 3. The van der Waals surface area contributed by atoms with Gasteiger partial charge in [0.15, 0.2) is 5.69 Å². The smallest absolute Gasteiger partial charge is 0.392 e. The van der Waals surface area contributed by atoms with E-state index in [1.54, 1.807) is 0 Å². The van der Waals surface area contributed by atoms with Crippen LogP contribution in [-0.4, -0.2) is 34.8 Å². The first-order valence-electron chi connectivity index (χ1n) is 4.71. The summed E-state index contributed by atoms with van der Waals surface area (Å²) in [6.45, 7) is 1.66. The summed E-state index contributed by atoms with van der Waals surface area (Å²) in [4.78, 5) is 8.14. The third kappa shape index (κ3) is 4.01. The van der Waals surface area contributed by atoms with E-state index in [9.17, 15) is 13.2 Å². The second-order valence-electron chi connectivity index (χ2n) is 3.61. The number of aromatic nitrogens is 2. The van der Waals surface area contributed by atoms with Gasteiger partial charge in [-0.15, -0.1) is 0 Å². The topological polar surface area (TPSA) is 49.2 Å². The summed E-state index contributed by atoms with van der Waals surface area (Å²) in [6, 6.07) is 0.786. The molecule has 0 bridgehead atoms. The van der Waals surface area contributed by atoms with Gasteiger partial charge in [-0.3, -0.25) is 0 Å². The summed E-state index contributed by atoms with van der Waals surface area (Å²) in [5.41, 5.74) is -1.11. The zero-order chi connectivity index (χ0) is 13.2. The third-order valence-corrected chi connectivity index (χ3v) is 2.07. The molecular weight excluding hydrogens is 259 g/mol. The van der Waals surface area contributed by atoms with Crippen LogP contribution in [-0.2, 0) is 6.18 Å². The molecule has 0 aromatic carbocycles. The van der Waals surface area contributed by atoms with Gasteiger partial charge in [-0.1, -0.05) is 0 Å². The maximum absolute atomic E-state index is 12.5. The van der Waals surface area contributed by atoms with Crippen molar-refractivity contribution >= 4 is 17.4 Å². The maximum Gasteiger partial charge on any atom is 0.433 e. The highest BCUT2D eigenvalue weighted by Gasteiger charge is 2.33. The van der Waals surface area contributed by atoms with Crippen LogP contribution >= 0.6 is 11.6 Å². The molecule has 8 heteroatoms. The first-order chi connectivity index (χ1) is 7.70. The number of aliphatic hydroxyl groups excluding tert-OH is 1. The molecule has 1 heterocycles. The lowest BCUT2D eigenvalue weighted by molar-refractivity contribution is -0.141. The number of hydrogen-bond acceptors (Lipinski definition) is 4. The average molecular weight is 270 g/mol. The van der Waals surface area contributed by atoms with Crippen molar-refractivity contribution < 1.29 is 18.3 Å². The lowest BCUT2D eigenvalue weighted by Gasteiger charge is -2.20. The van der Waals surface area contributed by atoms with Crippen molar-refractivity contribution in [1.29, 1.82) is 0 Å². The van der Waals surface area contributed by atoms with Gasteiger partial charge < -0.3 is 10.0 Å². The van der Waals surface area contributed by atoms with Gasteiger partial charge in [0, 0.05) is 19.7 Å². The summed E-state index contributed by atoms with van der Waals surface area (Å²) < 4.78 is 37.4. The highest BCUT2D eigenvalue weighted by Crippen LogP contribution is 2.30. The lowest BCUT2D eigenvalue weighted by Crippen LogP contribution is -2.28. The van der Waals surface area contributed by atoms with Gasteiger partial charge in [-0.05, 0) is 18.5 Å². The first kappa shape index (κ1) is 14.0. The molecule has 1 rings (SSSR count). The Balaban J connectivity index is 3.05. The first-order valence-corrected chi connectivity index (χ1v) is 5.09. The van der Waals surface area contributed by atoms with Crippen molar-refractivity contribution in [2.24, 2.45) is 0 Å². The van der Waals surface area contributed by atoms with Crippen molar-refractivity contribution in [1.82, 2.24) is 9.97 Å². The molecule has 0 radical (unpaired) electrons. The van der Waals surface area contributed by atoms with Gasteiger partial charge >= 0.3 is 6.18 Å². The Hall–Kier alpha value is -1.08. The lowest BCUT2D eigenvalue weighted by atomic mass is 10.3. The number of rotatable bonds is 3. The molecule has 1 unspecified atom stereocenters. The van der Waals surface area contributed by atoms with Crippen molar-refractivity contribution in [3.05, 3.63) is 17.0 Å². The van der Waals surface area contributed by atoms with E-state index >= 15 is 0 Å². The summed E-state index contributed by atoms with van der Waals surface area (Å²) in [5, 5.41) is 8.66. The minimum atomic E-state index is -4.58. The highest BCUT2D eigenvalue weighted by molar-refractivity contribution is 6.28. The predicted octanol–water partition coefficient (Wildman–Crippen LogP) is 1.97. The number of alkyl halides is 3. The monoisotopic (exact) mass is 269 g/mol. The molecule has 1 N–H and O–H groups in total. The van der Waals surface area contributed by atoms with E-state index in [4.69, 9.17) is 16.7 Å². The Labute approximate surface area is 101 Å². The number of aliphatic hydroxyl groups is 1. The maximum atomic E-state index is 12.5. The molecule has 0 aliphatic rings. The van der Waals surface area contributed by atoms with Crippen LogP contribution in [0.2, 0.25) is 5.28 Å². The summed E-state index contributed by atoms with van der Waals surface area (Å²) in [7, 11) is 1.51. The van der Waals surface area contributed by atoms with E-state index < -0.39 is 23.3 Å². The average Bonchev–Trinajstić information content (AvgIpc) is 2.14. The fourth-order valence-corrected chi connectivity index (χ4v) is 1.41. The molecule has 1 aromatic heterocycles. The Bertz CT molecular complexity index is 398. The Morgan fingerprint density at radius 1 is 1.47 bits per heavy atom. The van der Waals surface area contributed by atoms with E-state index in [0.29, 0.717) is 0 Å². The minimum absolute atomic E-state index is 0.0122. The number of halogens is 4. The quantitative estimate of drug-likeness (QED) is 0.853. The summed E-state index contributed by atoms with van der Waals surface area (Å²) in [5.74, 6) is 0.0122. The molecular formula is C9H11ClF3N3O. The zero-order valence-corrected chi connectivity index (χ0v) is 9.92. The zero-order valence-electron chi connectivity index (χ0n) is 9.16. The molecule has 0 amide bonds. The Kier molecular flexibility index (Phi) is 4.16. The molecule has 0 saturated carbocycles. The molecule has 0 aliphatic heterocycles. The predicted molar refractivity (Wildman–Crippen MR) is 57.0 cm³/mol. The van der Waals surface area contributed by atoms with Crippen LogP contribution in [0.3, 0.4) is 0 Å². The number of likely N-dealkylation sites (N-methyl/N-ethyl adjacent to an activating group) is 1. The Morgan fingerprint density at radius 3 is 2.53 bits per heavy atom. The molecule has 4 nitrogen and oxygen atoms in total. The van der Waals surface area contributed by atoms with Crippen LogP contribution in [0.5, 0.6) is 0 Å². The normalized spacial score (nSPS) is 13.6. The van der Waals surface area contributed by atoms with Gasteiger partial charge in [-0.25, -0.2) is 9.97 Å². The third-order valence-electron chi connectivity index (χ3n) is 1.90. The van der Waals surface area contributed by atoms with Crippen molar-refractivity contribution in [3.63, 3.8) is 0 Å². The molecule has 0 fully saturated rings. The van der Waals surface area contributed by atoms with Gasteiger partial charge in [0.2, 0.25) is 5.28 Å². The Morgan fingerprint density at radius 2 is 2.06 bits per heavy atom. The number of anilines is 1. The minimum Gasteiger partial charge on any atom is -0.392 e. The molecule has 96 valence electrons. The summed E-state index contributed by atoms with van der Waals surface area (Å²) >= 11 is 5.43. The standard InChI is InChI=1S/C9H11ClF3N3O/c1-5(17)4-16(2)7-3-6(9(11,12)13)14-8(10)15-7/h3,5,17H,4H2,1-2H3. The largest absolute Gasteiger partial charge is 0.433 e. The van der Waals surface area contributed by atoms with Gasteiger partial charge in [-0.2, -0.15) is 13.2 Å². The fourth-order valence-electron chi connectivity index (χ4n) is 1.24. The van der Waals surface area contributed by atoms with Crippen LogP contribution in [0, 0.1) is 0 Å². The molecule has 1 aromatic rings. The SMILES string of the molecule is CC(O)CN(C)c1cc(C(F)(F)F)nc(Cl)n1. The molecule has 0 saturated heterocycles. The molecule has 0 aliphatic carbocycles. The van der Waals surface area contributed by atoms with Gasteiger partial charge in [0.05, 0.1) is 6.10 Å². The van der Waals surface area contributed by atoms with Crippen LogP contribution < -0.4 is 4.90 Å². The molecule has 1 atom stereocenters. The van der Waals surface area contributed by atoms with E-state index in [0.717, 1.165) is 6.07 Å². The highest BCUT2D eigenvalue weighted by atomic mass is 35.5.